The van der Waals surface area contributed by atoms with Crippen LogP contribution in [-0.4, -0.2) is 42.5 Å². The Hall–Kier alpha value is -3.15. The fourth-order valence-electron chi connectivity index (χ4n) is 5.55. The molecule has 0 N–H and O–H groups in total. The number of ether oxygens (including phenoxy) is 2. The normalized spacial score (nSPS) is 26.0. The van der Waals surface area contributed by atoms with Crippen LogP contribution in [-0.2, 0) is 20.7 Å². The molecule has 3 aliphatic rings. The maximum absolute atomic E-state index is 14.2. The minimum atomic E-state index is -1.00. The zero-order valence-corrected chi connectivity index (χ0v) is 20.5. The Morgan fingerprint density at radius 2 is 1.77 bits per heavy atom. The fourth-order valence-corrected chi connectivity index (χ4v) is 5.55. The highest BCUT2D eigenvalue weighted by molar-refractivity contribution is 6.11. The van der Waals surface area contributed by atoms with Gasteiger partial charge in [-0.15, -0.1) is 0 Å². The summed E-state index contributed by atoms with van der Waals surface area (Å²) in [6.07, 6.45) is 0.207. The first kappa shape index (κ1) is 23.6. The van der Waals surface area contributed by atoms with Crippen LogP contribution in [0.25, 0.3) is 0 Å². The van der Waals surface area contributed by atoms with E-state index >= 15 is 0 Å². The molecule has 6 heteroatoms. The van der Waals surface area contributed by atoms with E-state index in [4.69, 9.17) is 9.47 Å². The minimum absolute atomic E-state index is 0.128. The fraction of sp³-hybridized carbons (Fsp3) is 0.448. The molecule has 1 fully saturated rings. The number of carbonyl (C=O) groups excluding carboxylic acids is 2. The Balaban J connectivity index is 1.48. The number of carbonyl (C=O) groups is 2. The maximum Gasteiger partial charge on any atom is 0.290 e. The molecule has 2 aromatic rings. The van der Waals surface area contributed by atoms with E-state index in [0.717, 1.165) is 16.9 Å². The predicted octanol–water partition coefficient (Wildman–Crippen LogP) is 5.30. The SMILES string of the molecule is COc1ccc(CCN2C(=O)C3=C(C(=O)C4CC(F)CCC4O3)C2c2ccc(C(C)C)cc2)cc1. The number of alkyl halides is 1. The summed E-state index contributed by atoms with van der Waals surface area (Å²) in [5.41, 5.74) is 3.54. The van der Waals surface area contributed by atoms with Gasteiger partial charge in [0.15, 0.2) is 11.5 Å². The molecule has 2 heterocycles. The lowest BCUT2D eigenvalue weighted by atomic mass is 9.77. The quantitative estimate of drug-likeness (QED) is 0.566. The summed E-state index contributed by atoms with van der Waals surface area (Å²) in [7, 11) is 1.63. The summed E-state index contributed by atoms with van der Waals surface area (Å²) >= 11 is 0. The number of hydrogen-bond acceptors (Lipinski definition) is 4. The number of methoxy groups -OCH3 is 1. The molecule has 4 unspecified atom stereocenters. The number of halogens is 1. The van der Waals surface area contributed by atoms with Crippen LogP contribution in [0.4, 0.5) is 4.39 Å². The van der Waals surface area contributed by atoms with Crippen molar-refractivity contribution in [3.63, 3.8) is 0 Å². The van der Waals surface area contributed by atoms with Crippen molar-refractivity contribution >= 4 is 11.7 Å². The van der Waals surface area contributed by atoms with Crippen molar-refractivity contribution in [1.82, 2.24) is 4.90 Å². The lowest BCUT2D eigenvalue weighted by molar-refractivity contribution is -0.136. The summed E-state index contributed by atoms with van der Waals surface area (Å²) < 4.78 is 25.6. The number of ketones is 1. The predicted molar refractivity (Wildman–Crippen MR) is 131 cm³/mol. The van der Waals surface area contributed by atoms with Crippen molar-refractivity contribution in [2.45, 2.75) is 63.8 Å². The van der Waals surface area contributed by atoms with Crippen molar-refractivity contribution in [2.75, 3.05) is 13.7 Å². The molecule has 35 heavy (non-hydrogen) atoms. The Morgan fingerprint density at radius 3 is 2.43 bits per heavy atom. The largest absolute Gasteiger partial charge is 0.497 e. The van der Waals surface area contributed by atoms with E-state index in [9.17, 15) is 14.0 Å². The highest BCUT2D eigenvalue weighted by Gasteiger charge is 2.52. The molecule has 5 nitrogen and oxygen atoms in total. The second kappa shape index (κ2) is 9.48. The standard InChI is InChI=1S/C29H32FNO4/c1-17(2)19-6-8-20(9-7-19)26-25-27(32)23-16-21(30)10-13-24(23)35-28(25)29(33)31(26)15-14-18-4-11-22(34-3)12-5-18/h4-9,11-12,17,21,23-24,26H,10,13-16H2,1-3H3. The first-order valence-corrected chi connectivity index (χ1v) is 12.5. The van der Waals surface area contributed by atoms with Crippen LogP contribution in [0.1, 0.15) is 61.8 Å². The molecular formula is C29H32FNO4. The molecule has 4 atom stereocenters. The van der Waals surface area contributed by atoms with Gasteiger partial charge in [-0.1, -0.05) is 50.2 Å². The summed E-state index contributed by atoms with van der Waals surface area (Å²) in [6, 6.07) is 15.4. The zero-order valence-electron chi connectivity index (χ0n) is 20.5. The van der Waals surface area contributed by atoms with Crippen molar-refractivity contribution in [3.05, 3.63) is 76.6 Å². The zero-order chi connectivity index (χ0) is 24.7. The second-order valence-electron chi connectivity index (χ2n) is 10.1. The maximum atomic E-state index is 14.2. The molecule has 0 saturated heterocycles. The molecule has 0 bridgehead atoms. The molecule has 1 saturated carbocycles. The average Bonchev–Trinajstić information content (AvgIpc) is 3.15. The van der Waals surface area contributed by atoms with Gasteiger partial charge in [0.1, 0.15) is 18.0 Å². The molecule has 184 valence electrons. The lowest BCUT2D eigenvalue weighted by Crippen LogP contribution is -2.42. The van der Waals surface area contributed by atoms with Crippen LogP contribution in [0.3, 0.4) is 0 Å². The van der Waals surface area contributed by atoms with Crippen molar-refractivity contribution in [1.29, 1.82) is 0 Å². The first-order valence-electron chi connectivity index (χ1n) is 12.5. The number of hydrogen-bond donors (Lipinski definition) is 0. The van der Waals surface area contributed by atoms with Gasteiger partial charge in [-0.3, -0.25) is 9.59 Å². The van der Waals surface area contributed by atoms with E-state index < -0.39 is 24.2 Å². The van der Waals surface area contributed by atoms with Gasteiger partial charge >= 0.3 is 0 Å². The van der Waals surface area contributed by atoms with E-state index in [2.05, 4.69) is 26.0 Å². The van der Waals surface area contributed by atoms with Crippen LogP contribution in [0.5, 0.6) is 5.75 Å². The summed E-state index contributed by atoms with van der Waals surface area (Å²) in [5.74, 6) is 0.418. The highest BCUT2D eigenvalue weighted by Crippen LogP contribution is 2.47. The molecule has 0 radical (unpaired) electrons. The number of fused-ring (bicyclic) bond motifs is 1. The van der Waals surface area contributed by atoms with Gasteiger partial charge in [0, 0.05) is 6.54 Å². The van der Waals surface area contributed by atoms with Crippen LogP contribution in [0, 0.1) is 5.92 Å². The molecule has 0 aromatic heterocycles. The van der Waals surface area contributed by atoms with Gasteiger partial charge < -0.3 is 14.4 Å². The summed E-state index contributed by atoms with van der Waals surface area (Å²) in [6.45, 7) is 4.70. The van der Waals surface area contributed by atoms with Gasteiger partial charge in [-0.25, -0.2) is 4.39 Å². The first-order chi connectivity index (χ1) is 16.9. The molecule has 0 spiro atoms. The van der Waals surface area contributed by atoms with E-state index in [1.165, 1.54) is 5.56 Å². The molecule has 1 amide bonds. The molecule has 1 aliphatic carbocycles. The third-order valence-electron chi connectivity index (χ3n) is 7.60. The molecule has 5 rings (SSSR count). The monoisotopic (exact) mass is 477 g/mol. The van der Waals surface area contributed by atoms with Gasteiger partial charge in [0.05, 0.1) is 24.6 Å². The third kappa shape index (κ3) is 4.35. The number of nitrogens with zero attached hydrogens (tertiary/aromatic N) is 1. The second-order valence-corrected chi connectivity index (χ2v) is 10.1. The Kier molecular flexibility index (Phi) is 6.39. The van der Waals surface area contributed by atoms with Crippen molar-refractivity contribution in [3.8, 4) is 5.75 Å². The van der Waals surface area contributed by atoms with Crippen molar-refractivity contribution < 1.29 is 23.5 Å². The van der Waals surface area contributed by atoms with Gasteiger partial charge in [-0.2, -0.15) is 0 Å². The van der Waals surface area contributed by atoms with E-state index in [0.29, 0.717) is 37.3 Å². The summed E-state index contributed by atoms with van der Waals surface area (Å²) in [4.78, 5) is 29.0. The molecule has 2 aromatic carbocycles. The molecular weight excluding hydrogens is 445 g/mol. The van der Waals surface area contributed by atoms with Gasteiger partial charge in [0.2, 0.25) is 0 Å². The van der Waals surface area contributed by atoms with Crippen LogP contribution >= 0.6 is 0 Å². The highest BCUT2D eigenvalue weighted by atomic mass is 19.1. The van der Waals surface area contributed by atoms with Gasteiger partial charge in [-0.05, 0) is 60.4 Å². The number of amides is 1. The van der Waals surface area contributed by atoms with Crippen LogP contribution in [0.15, 0.2) is 59.9 Å². The lowest BCUT2D eigenvalue weighted by Gasteiger charge is -2.36. The van der Waals surface area contributed by atoms with E-state index in [1.807, 2.05) is 36.4 Å². The number of Topliss-reactive ketones (excluding diaryl/α,β-unsaturated/α-hetero) is 1. The third-order valence-corrected chi connectivity index (χ3v) is 7.60. The number of benzene rings is 2. The smallest absolute Gasteiger partial charge is 0.290 e. The molecule has 2 aliphatic heterocycles. The van der Waals surface area contributed by atoms with Crippen LogP contribution in [0.2, 0.25) is 0 Å². The Bertz CT molecular complexity index is 1140. The summed E-state index contributed by atoms with van der Waals surface area (Å²) in [5, 5.41) is 0. The Labute approximate surface area is 205 Å². The van der Waals surface area contributed by atoms with Gasteiger partial charge in [0.25, 0.3) is 5.91 Å². The topological polar surface area (TPSA) is 55.8 Å². The van der Waals surface area contributed by atoms with E-state index in [-0.39, 0.29) is 23.9 Å². The van der Waals surface area contributed by atoms with E-state index in [1.54, 1.807) is 12.0 Å². The van der Waals surface area contributed by atoms with Crippen LogP contribution < -0.4 is 4.74 Å². The average molecular weight is 478 g/mol. The Morgan fingerprint density at radius 1 is 1.06 bits per heavy atom. The minimum Gasteiger partial charge on any atom is -0.497 e. The number of rotatable bonds is 6. The van der Waals surface area contributed by atoms with Crippen molar-refractivity contribution in [2.24, 2.45) is 5.92 Å².